The van der Waals surface area contributed by atoms with Gasteiger partial charge in [0.1, 0.15) is 0 Å². The topological polar surface area (TPSA) is 83.4 Å². The van der Waals surface area contributed by atoms with E-state index in [1.165, 1.54) is 10.6 Å². The number of rotatable bonds is 5. The van der Waals surface area contributed by atoms with Gasteiger partial charge in [-0.05, 0) is 25.8 Å². The van der Waals surface area contributed by atoms with Gasteiger partial charge in [-0.25, -0.2) is 4.79 Å². The molecule has 2 rings (SSSR count). The lowest BCUT2D eigenvalue weighted by molar-refractivity contribution is 0.206. The van der Waals surface area contributed by atoms with Gasteiger partial charge in [-0.15, -0.1) is 0 Å². The average molecular weight is 265 g/mol. The second-order valence-corrected chi connectivity index (χ2v) is 5.01. The average Bonchev–Trinajstić information content (AvgIpc) is 3.19. The van der Waals surface area contributed by atoms with Gasteiger partial charge in [0.25, 0.3) is 5.56 Å². The fourth-order valence-electron chi connectivity index (χ4n) is 1.86. The summed E-state index contributed by atoms with van der Waals surface area (Å²) in [7, 11) is 0. The highest BCUT2D eigenvalue weighted by Crippen LogP contribution is 2.44. The van der Waals surface area contributed by atoms with Crippen LogP contribution in [0.15, 0.2) is 23.1 Å². The maximum absolute atomic E-state index is 11.7. The summed E-state index contributed by atoms with van der Waals surface area (Å²) in [5.41, 5.74) is 0.373. The van der Waals surface area contributed by atoms with Gasteiger partial charge in [0.2, 0.25) is 0 Å². The van der Waals surface area contributed by atoms with Crippen LogP contribution in [0.1, 0.15) is 19.8 Å². The zero-order valence-electron chi connectivity index (χ0n) is 11.0. The highest BCUT2D eigenvalue weighted by molar-refractivity contribution is 5.89. The number of anilines is 1. The number of nitrogens with one attached hydrogen (secondary N) is 2. The number of amides is 2. The van der Waals surface area contributed by atoms with Gasteiger partial charge in [0.05, 0.1) is 12.3 Å². The lowest BCUT2D eigenvalue weighted by Gasteiger charge is -2.13. The monoisotopic (exact) mass is 265 g/mol. The minimum Gasteiger partial charge on any atom is -0.396 e. The van der Waals surface area contributed by atoms with Crippen LogP contribution in [-0.2, 0) is 6.54 Å². The lowest BCUT2D eigenvalue weighted by atomic mass is 10.1. The van der Waals surface area contributed by atoms with Crippen LogP contribution in [0.3, 0.4) is 0 Å². The normalized spacial score (nSPS) is 15.9. The molecule has 19 heavy (non-hydrogen) atoms. The van der Waals surface area contributed by atoms with Crippen LogP contribution in [0.2, 0.25) is 0 Å². The Bertz CT molecular complexity index is 520. The van der Waals surface area contributed by atoms with Crippen LogP contribution in [0, 0.1) is 5.41 Å². The molecular formula is C13H19N3O3. The number of carbonyl (C=O) groups is 1. The summed E-state index contributed by atoms with van der Waals surface area (Å²) in [6, 6.07) is 2.68. The van der Waals surface area contributed by atoms with Crippen molar-refractivity contribution < 1.29 is 9.90 Å². The van der Waals surface area contributed by atoms with Gasteiger partial charge >= 0.3 is 6.03 Å². The van der Waals surface area contributed by atoms with Gasteiger partial charge in [-0.2, -0.15) is 0 Å². The molecule has 1 aromatic rings. The van der Waals surface area contributed by atoms with Crippen molar-refractivity contribution in [3.8, 4) is 0 Å². The van der Waals surface area contributed by atoms with Crippen molar-refractivity contribution in [3.05, 3.63) is 28.7 Å². The quantitative estimate of drug-likeness (QED) is 0.735. The van der Waals surface area contributed by atoms with Gasteiger partial charge in [0, 0.05) is 30.8 Å². The van der Waals surface area contributed by atoms with E-state index in [2.05, 4.69) is 10.6 Å². The number of urea groups is 1. The van der Waals surface area contributed by atoms with Crippen molar-refractivity contribution in [2.75, 3.05) is 18.5 Å². The lowest BCUT2D eigenvalue weighted by Crippen LogP contribution is -2.35. The highest BCUT2D eigenvalue weighted by atomic mass is 16.3. The molecule has 0 radical (unpaired) electrons. The summed E-state index contributed by atoms with van der Waals surface area (Å²) >= 11 is 0. The first kappa shape index (κ1) is 13.6. The van der Waals surface area contributed by atoms with Crippen LogP contribution in [0.4, 0.5) is 10.5 Å². The summed E-state index contributed by atoms with van der Waals surface area (Å²) in [5, 5.41) is 14.6. The molecule has 1 aromatic heterocycles. The van der Waals surface area contributed by atoms with Gasteiger partial charge in [-0.3, -0.25) is 4.79 Å². The summed E-state index contributed by atoms with van der Waals surface area (Å²) in [6.45, 7) is 3.00. The smallest absolute Gasteiger partial charge is 0.319 e. The molecule has 104 valence electrons. The largest absolute Gasteiger partial charge is 0.396 e. The predicted octanol–water partition coefficient (Wildman–Crippen LogP) is 0.762. The highest BCUT2D eigenvalue weighted by Gasteiger charge is 2.42. The third kappa shape index (κ3) is 3.35. The van der Waals surface area contributed by atoms with Crippen molar-refractivity contribution in [2.24, 2.45) is 5.41 Å². The molecule has 0 saturated heterocycles. The fraction of sp³-hybridized carbons (Fsp3) is 0.538. The molecule has 1 heterocycles. The van der Waals surface area contributed by atoms with Crippen LogP contribution in [-0.4, -0.2) is 28.9 Å². The molecule has 1 aliphatic carbocycles. The first-order valence-electron chi connectivity index (χ1n) is 6.45. The van der Waals surface area contributed by atoms with Gasteiger partial charge in [-0.1, -0.05) is 0 Å². The first-order valence-corrected chi connectivity index (χ1v) is 6.45. The fourth-order valence-corrected chi connectivity index (χ4v) is 1.86. The molecule has 1 saturated carbocycles. The van der Waals surface area contributed by atoms with E-state index < -0.39 is 0 Å². The van der Waals surface area contributed by atoms with Crippen LogP contribution >= 0.6 is 0 Å². The molecule has 0 aromatic carbocycles. The third-order valence-electron chi connectivity index (χ3n) is 3.50. The number of hydrogen-bond donors (Lipinski definition) is 3. The molecule has 0 spiro atoms. The zero-order valence-corrected chi connectivity index (χ0v) is 11.0. The molecule has 6 heteroatoms. The first-order chi connectivity index (χ1) is 9.08. The molecule has 1 aliphatic rings. The number of pyridine rings is 1. The zero-order chi connectivity index (χ0) is 13.9. The maximum Gasteiger partial charge on any atom is 0.319 e. The second kappa shape index (κ2) is 5.44. The van der Waals surface area contributed by atoms with E-state index in [0.717, 1.165) is 12.8 Å². The van der Waals surface area contributed by atoms with E-state index in [4.69, 9.17) is 5.11 Å². The van der Waals surface area contributed by atoms with Crippen LogP contribution < -0.4 is 16.2 Å². The Morgan fingerprint density at radius 2 is 2.21 bits per heavy atom. The Morgan fingerprint density at radius 3 is 2.79 bits per heavy atom. The van der Waals surface area contributed by atoms with Crippen LogP contribution in [0.25, 0.3) is 0 Å². The summed E-state index contributed by atoms with van der Waals surface area (Å²) < 4.78 is 1.52. The number of aliphatic hydroxyl groups is 1. The molecule has 0 unspecified atom stereocenters. The van der Waals surface area contributed by atoms with E-state index in [1.807, 2.05) is 6.92 Å². The predicted molar refractivity (Wildman–Crippen MR) is 72.2 cm³/mol. The van der Waals surface area contributed by atoms with E-state index in [0.29, 0.717) is 18.8 Å². The summed E-state index contributed by atoms with van der Waals surface area (Å²) in [4.78, 5) is 23.1. The Hall–Kier alpha value is -1.82. The minimum atomic E-state index is -0.318. The Morgan fingerprint density at radius 1 is 1.47 bits per heavy atom. The van der Waals surface area contributed by atoms with Crippen molar-refractivity contribution in [2.45, 2.75) is 26.3 Å². The number of hydrogen-bond acceptors (Lipinski definition) is 3. The minimum absolute atomic E-state index is 0.0920. The van der Waals surface area contributed by atoms with E-state index in [9.17, 15) is 9.59 Å². The Kier molecular flexibility index (Phi) is 3.90. The second-order valence-electron chi connectivity index (χ2n) is 5.01. The van der Waals surface area contributed by atoms with Crippen LogP contribution in [0.5, 0.6) is 0 Å². The van der Waals surface area contributed by atoms with Crippen molar-refractivity contribution in [1.82, 2.24) is 9.88 Å². The van der Waals surface area contributed by atoms with Crippen molar-refractivity contribution in [3.63, 3.8) is 0 Å². The molecule has 2 amide bonds. The number of carbonyl (C=O) groups excluding carboxylic acids is 1. The number of aryl methyl sites for hydroxylation is 1. The molecular weight excluding hydrogens is 246 g/mol. The number of aromatic nitrogens is 1. The van der Waals surface area contributed by atoms with Crippen molar-refractivity contribution in [1.29, 1.82) is 0 Å². The van der Waals surface area contributed by atoms with E-state index in [1.54, 1.807) is 12.3 Å². The standard InChI is InChI=1S/C13H19N3O3/c1-2-16-7-10(3-4-11(16)18)15-12(19)14-8-13(9-17)5-6-13/h3-4,7,17H,2,5-6,8-9H2,1H3,(H2,14,15,19). The molecule has 0 atom stereocenters. The maximum atomic E-state index is 11.7. The molecule has 0 bridgehead atoms. The Balaban J connectivity index is 1.90. The van der Waals surface area contributed by atoms with E-state index in [-0.39, 0.29) is 23.6 Å². The molecule has 3 N–H and O–H groups in total. The Labute approximate surface area is 111 Å². The van der Waals surface area contributed by atoms with Gasteiger partial charge in [0.15, 0.2) is 0 Å². The van der Waals surface area contributed by atoms with Gasteiger partial charge < -0.3 is 20.3 Å². The summed E-state index contributed by atoms with van der Waals surface area (Å²) in [5.74, 6) is 0. The summed E-state index contributed by atoms with van der Waals surface area (Å²) in [6.07, 6.45) is 3.51. The number of nitrogens with zero attached hydrogens (tertiary/aromatic N) is 1. The third-order valence-corrected chi connectivity index (χ3v) is 3.50. The molecule has 6 nitrogen and oxygen atoms in total. The van der Waals surface area contributed by atoms with Crippen molar-refractivity contribution >= 4 is 11.7 Å². The SMILES string of the molecule is CCn1cc(NC(=O)NCC2(CO)CC2)ccc1=O. The van der Waals surface area contributed by atoms with E-state index >= 15 is 0 Å². The molecule has 0 aliphatic heterocycles. The molecule has 1 fully saturated rings. The number of aliphatic hydroxyl groups excluding tert-OH is 1.